The molecule has 0 heterocycles. The molecule has 1 aliphatic carbocycles. The fourth-order valence-electron chi connectivity index (χ4n) is 3.37. The molecular formula is C17H35NO2S. The molecule has 0 amide bonds. The van der Waals surface area contributed by atoms with Gasteiger partial charge in [0.15, 0.2) is 9.84 Å². The van der Waals surface area contributed by atoms with E-state index in [1.165, 1.54) is 19.3 Å². The quantitative estimate of drug-likeness (QED) is 0.743. The van der Waals surface area contributed by atoms with Crippen LogP contribution in [0.2, 0.25) is 0 Å². The second-order valence-electron chi connectivity index (χ2n) is 7.34. The van der Waals surface area contributed by atoms with Gasteiger partial charge in [0.25, 0.3) is 0 Å². The van der Waals surface area contributed by atoms with Crippen LogP contribution in [-0.2, 0) is 9.84 Å². The zero-order chi connectivity index (χ0) is 16.0. The Labute approximate surface area is 132 Å². The zero-order valence-corrected chi connectivity index (χ0v) is 15.4. The molecule has 1 fully saturated rings. The Balaban J connectivity index is 2.65. The topological polar surface area (TPSA) is 46.2 Å². The lowest BCUT2D eigenvalue weighted by atomic mass is 9.72. The van der Waals surface area contributed by atoms with Gasteiger partial charge in [-0.2, -0.15) is 0 Å². The highest BCUT2D eigenvalue weighted by atomic mass is 32.2. The molecule has 1 aliphatic rings. The fourth-order valence-corrected chi connectivity index (χ4v) is 4.48. The van der Waals surface area contributed by atoms with Crippen LogP contribution in [0, 0.1) is 17.8 Å². The summed E-state index contributed by atoms with van der Waals surface area (Å²) >= 11 is 0. The van der Waals surface area contributed by atoms with Crippen molar-refractivity contribution in [2.45, 2.75) is 78.0 Å². The Kier molecular flexibility index (Phi) is 7.69. The fraction of sp³-hybridized carbons (Fsp3) is 1.00. The van der Waals surface area contributed by atoms with Crippen LogP contribution in [0.3, 0.4) is 0 Å². The van der Waals surface area contributed by atoms with Gasteiger partial charge in [-0.1, -0.05) is 20.8 Å². The third-order valence-electron chi connectivity index (χ3n) is 5.11. The Morgan fingerprint density at radius 2 is 1.81 bits per heavy atom. The highest BCUT2D eigenvalue weighted by Gasteiger charge is 2.32. The average Bonchev–Trinajstić information content (AvgIpc) is 2.43. The summed E-state index contributed by atoms with van der Waals surface area (Å²) in [7, 11) is -2.91. The zero-order valence-electron chi connectivity index (χ0n) is 14.6. The lowest BCUT2D eigenvalue weighted by Gasteiger charge is -2.38. The summed E-state index contributed by atoms with van der Waals surface area (Å²) in [5, 5.41) is 3.41. The normalized spacial score (nSPS) is 27.5. The second-order valence-corrected chi connectivity index (χ2v) is 10.0. The van der Waals surface area contributed by atoms with E-state index in [9.17, 15) is 8.42 Å². The minimum Gasteiger partial charge on any atom is -0.314 e. The number of sulfone groups is 1. The number of rotatable bonds is 8. The van der Waals surface area contributed by atoms with Gasteiger partial charge in [0.2, 0.25) is 0 Å². The minimum absolute atomic E-state index is 0.246. The van der Waals surface area contributed by atoms with Crippen LogP contribution in [0.1, 0.15) is 66.7 Å². The Morgan fingerprint density at radius 3 is 2.33 bits per heavy atom. The van der Waals surface area contributed by atoms with E-state index in [2.05, 4.69) is 26.1 Å². The predicted octanol–water partition coefficient (Wildman–Crippen LogP) is 3.64. The summed E-state index contributed by atoms with van der Waals surface area (Å²) < 4.78 is 24.2. The molecule has 0 spiro atoms. The van der Waals surface area contributed by atoms with Gasteiger partial charge in [-0.15, -0.1) is 0 Å². The van der Waals surface area contributed by atoms with Crippen LogP contribution >= 0.6 is 0 Å². The van der Waals surface area contributed by atoms with Gasteiger partial charge >= 0.3 is 0 Å². The van der Waals surface area contributed by atoms with Crippen molar-refractivity contribution in [3.05, 3.63) is 0 Å². The maximum atomic E-state index is 12.1. The number of nitrogens with one attached hydrogen (secondary N) is 1. The van der Waals surface area contributed by atoms with Gasteiger partial charge in [0.05, 0.1) is 11.0 Å². The molecule has 3 atom stereocenters. The lowest BCUT2D eigenvalue weighted by Crippen LogP contribution is -2.42. The first-order valence-electron chi connectivity index (χ1n) is 8.72. The SMILES string of the molecule is CCCNC1CCC(C(C)C)CC1CCS(=O)(=O)C(C)C. The predicted molar refractivity (Wildman–Crippen MR) is 91.3 cm³/mol. The smallest absolute Gasteiger partial charge is 0.152 e. The first-order valence-corrected chi connectivity index (χ1v) is 10.4. The molecule has 3 unspecified atom stereocenters. The molecule has 0 saturated heterocycles. The molecule has 0 aromatic carbocycles. The number of hydrogen-bond donors (Lipinski definition) is 1. The summed E-state index contributed by atoms with van der Waals surface area (Å²) in [5.74, 6) is 2.34. The summed E-state index contributed by atoms with van der Waals surface area (Å²) in [4.78, 5) is 0. The number of hydrogen-bond acceptors (Lipinski definition) is 3. The van der Waals surface area contributed by atoms with Crippen LogP contribution in [-0.4, -0.2) is 32.0 Å². The van der Waals surface area contributed by atoms with Gasteiger partial charge in [0, 0.05) is 6.04 Å². The van der Waals surface area contributed by atoms with Crippen molar-refractivity contribution < 1.29 is 8.42 Å². The van der Waals surface area contributed by atoms with E-state index in [1.54, 1.807) is 13.8 Å². The molecule has 0 aliphatic heterocycles. The molecule has 3 nitrogen and oxygen atoms in total. The summed E-state index contributed by atoms with van der Waals surface area (Å²) in [6.07, 6.45) is 5.64. The highest BCUT2D eigenvalue weighted by molar-refractivity contribution is 7.91. The molecular weight excluding hydrogens is 282 g/mol. The first kappa shape index (κ1) is 19.0. The molecule has 0 aromatic heterocycles. The maximum Gasteiger partial charge on any atom is 0.152 e. The Morgan fingerprint density at radius 1 is 1.14 bits per heavy atom. The third-order valence-corrected chi connectivity index (χ3v) is 7.35. The third kappa shape index (κ3) is 5.90. The van der Waals surface area contributed by atoms with Crippen LogP contribution in [0.4, 0.5) is 0 Å². The van der Waals surface area contributed by atoms with Crippen molar-refractivity contribution in [3.8, 4) is 0 Å². The van der Waals surface area contributed by atoms with Gasteiger partial charge < -0.3 is 5.32 Å². The Bertz CT molecular complexity index is 390. The molecule has 126 valence electrons. The van der Waals surface area contributed by atoms with E-state index in [0.29, 0.717) is 23.6 Å². The van der Waals surface area contributed by atoms with Gasteiger partial charge in [-0.05, 0) is 70.3 Å². The largest absolute Gasteiger partial charge is 0.314 e. The first-order chi connectivity index (χ1) is 9.77. The monoisotopic (exact) mass is 317 g/mol. The minimum atomic E-state index is -2.91. The van der Waals surface area contributed by atoms with Crippen LogP contribution in [0.15, 0.2) is 0 Å². The van der Waals surface area contributed by atoms with E-state index in [4.69, 9.17) is 0 Å². The van der Waals surface area contributed by atoms with Crippen molar-refractivity contribution in [2.75, 3.05) is 12.3 Å². The molecule has 0 radical (unpaired) electrons. The summed E-state index contributed by atoms with van der Waals surface area (Å²) in [6.45, 7) is 11.4. The molecule has 1 N–H and O–H groups in total. The molecule has 1 saturated carbocycles. The van der Waals surface area contributed by atoms with Crippen molar-refractivity contribution >= 4 is 9.84 Å². The summed E-state index contributed by atoms with van der Waals surface area (Å²) in [5.41, 5.74) is 0. The highest BCUT2D eigenvalue weighted by Crippen LogP contribution is 2.36. The molecule has 1 rings (SSSR count). The van der Waals surface area contributed by atoms with Crippen LogP contribution in [0.25, 0.3) is 0 Å². The lowest BCUT2D eigenvalue weighted by molar-refractivity contribution is 0.165. The van der Waals surface area contributed by atoms with E-state index in [0.717, 1.165) is 25.3 Å². The van der Waals surface area contributed by atoms with Gasteiger partial charge in [-0.25, -0.2) is 8.42 Å². The molecule has 0 aromatic rings. The van der Waals surface area contributed by atoms with Crippen molar-refractivity contribution in [2.24, 2.45) is 17.8 Å². The second kappa shape index (κ2) is 8.52. The average molecular weight is 318 g/mol. The van der Waals surface area contributed by atoms with Crippen LogP contribution in [0.5, 0.6) is 0 Å². The summed E-state index contributed by atoms with van der Waals surface area (Å²) in [6, 6.07) is 0.516. The standard InChI is InChI=1S/C17H35NO2S/c1-6-10-18-17-8-7-15(13(2)3)12-16(17)9-11-21(19,20)14(4)5/h13-18H,6-12H2,1-5H3. The van der Waals surface area contributed by atoms with E-state index in [-0.39, 0.29) is 5.25 Å². The molecule has 4 heteroatoms. The van der Waals surface area contributed by atoms with Gasteiger partial charge in [0.1, 0.15) is 0 Å². The van der Waals surface area contributed by atoms with E-state index < -0.39 is 9.84 Å². The van der Waals surface area contributed by atoms with E-state index >= 15 is 0 Å². The van der Waals surface area contributed by atoms with Crippen molar-refractivity contribution in [1.29, 1.82) is 0 Å². The molecule has 0 bridgehead atoms. The molecule has 21 heavy (non-hydrogen) atoms. The van der Waals surface area contributed by atoms with E-state index in [1.807, 2.05) is 0 Å². The van der Waals surface area contributed by atoms with Gasteiger partial charge in [-0.3, -0.25) is 0 Å². The van der Waals surface area contributed by atoms with Crippen molar-refractivity contribution in [1.82, 2.24) is 5.32 Å². The maximum absolute atomic E-state index is 12.1. The Hall–Kier alpha value is -0.0900. The van der Waals surface area contributed by atoms with Crippen molar-refractivity contribution in [3.63, 3.8) is 0 Å². The van der Waals surface area contributed by atoms with Crippen LogP contribution < -0.4 is 5.32 Å².